The molecule has 9 nitrogen and oxygen atoms in total. The van der Waals surface area contributed by atoms with Crippen LogP contribution < -0.4 is 11.1 Å². The van der Waals surface area contributed by atoms with Gasteiger partial charge in [0.15, 0.2) is 0 Å². The van der Waals surface area contributed by atoms with Gasteiger partial charge in [0.2, 0.25) is 11.6 Å². The Balaban J connectivity index is -0.000000498. The third-order valence-corrected chi connectivity index (χ3v) is 11.1. The first-order chi connectivity index (χ1) is 30.2. The molecular weight excluding hydrogens is 773 g/mol. The maximum absolute atomic E-state index is 11.6. The molecule has 0 unspecified atom stereocenters. The predicted molar refractivity (Wildman–Crippen MR) is 270 cm³/mol. The number of allylic oxidation sites excluding steroid dienone is 1. The molecule has 0 radical (unpaired) electrons. The number of hydrogen-bond donors (Lipinski definition) is 2. The Morgan fingerprint density at radius 1 is 0.548 bits per heavy atom. The van der Waals surface area contributed by atoms with E-state index < -0.39 is 11.6 Å². The molecule has 0 aromatic heterocycles. The molecule has 0 aromatic rings. The van der Waals surface area contributed by atoms with E-state index in [1.807, 2.05) is 0 Å². The van der Waals surface area contributed by atoms with Crippen LogP contribution in [0.1, 0.15) is 247 Å². The summed E-state index contributed by atoms with van der Waals surface area (Å²) in [6, 6.07) is 0. The van der Waals surface area contributed by atoms with Crippen molar-refractivity contribution < 1.29 is 23.9 Å². The molecule has 0 heterocycles. The van der Waals surface area contributed by atoms with Gasteiger partial charge in [-0.25, -0.2) is 0 Å². The maximum Gasteiger partial charge on any atom is 0.293 e. The van der Waals surface area contributed by atoms with E-state index in [2.05, 4.69) is 68.1 Å². The number of hydrogen-bond acceptors (Lipinski definition) is 9. The first-order valence-electron chi connectivity index (χ1n) is 26.2. The zero-order valence-corrected chi connectivity index (χ0v) is 42.7. The van der Waals surface area contributed by atoms with Gasteiger partial charge in [-0.2, -0.15) is 0 Å². The van der Waals surface area contributed by atoms with E-state index in [0.29, 0.717) is 19.6 Å². The summed E-state index contributed by atoms with van der Waals surface area (Å²) in [5.74, 6) is -0.949. The van der Waals surface area contributed by atoms with Gasteiger partial charge in [-0.1, -0.05) is 208 Å². The Kier molecular flexibility index (Phi) is 65.4. The van der Waals surface area contributed by atoms with Crippen LogP contribution in [0.15, 0.2) is 12.3 Å². The normalized spacial score (nSPS) is 10.5. The Hall–Kier alpha value is -2.10. The lowest BCUT2D eigenvalue weighted by atomic mass is 10.0. The molecule has 0 aromatic carbocycles. The van der Waals surface area contributed by atoms with E-state index in [9.17, 15) is 19.2 Å². The highest BCUT2D eigenvalue weighted by atomic mass is 16.5. The molecular formula is C53H108N4O5. The molecule has 0 aliphatic carbocycles. The van der Waals surface area contributed by atoms with Gasteiger partial charge in [-0.3, -0.25) is 14.4 Å². The van der Waals surface area contributed by atoms with Gasteiger partial charge in [0, 0.05) is 33.0 Å². The summed E-state index contributed by atoms with van der Waals surface area (Å²) < 4.78 is 4.58. The molecule has 0 spiro atoms. The molecule has 0 saturated carbocycles. The zero-order chi connectivity index (χ0) is 47.0. The minimum Gasteiger partial charge on any atom is -0.468 e. The largest absolute Gasteiger partial charge is 0.468 e. The minimum atomic E-state index is -0.499. The number of ether oxygens (including phenoxy) is 1. The van der Waals surface area contributed by atoms with Gasteiger partial charge in [0.05, 0.1) is 12.3 Å². The average molecular weight is 881 g/mol. The summed E-state index contributed by atoms with van der Waals surface area (Å²) >= 11 is 0. The molecule has 0 aliphatic heterocycles. The molecule has 0 rings (SSSR count). The summed E-state index contributed by atoms with van der Waals surface area (Å²) in [5.41, 5.74) is 5.50. The highest BCUT2D eigenvalue weighted by molar-refractivity contribution is 6.42. The number of nitrogens with one attached hydrogen (secondary N) is 1. The fourth-order valence-electron chi connectivity index (χ4n) is 6.86. The topological polar surface area (TPSA) is 122 Å². The van der Waals surface area contributed by atoms with E-state index >= 15 is 0 Å². The smallest absolute Gasteiger partial charge is 0.293 e. The van der Waals surface area contributed by atoms with Gasteiger partial charge in [-0.15, -0.1) is 0 Å². The second-order valence-corrected chi connectivity index (χ2v) is 17.3. The highest BCUT2D eigenvalue weighted by Crippen LogP contribution is 2.13. The van der Waals surface area contributed by atoms with Gasteiger partial charge in [0.1, 0.15) is 6.29 Å². The van der Waals surface area contributed by atoms with Crippen molar-refractivity contribution in [1.29, 1.82) is 0 Å². The van der Waals surface area contributed by atoms with Crippen molar-refractivity contribution >= 4 is 24.3 Å². The lowest BCUT2D eigenvalue weighted by Gasteiger charge is -2.22. The molecule has 0 saturated heterocycles. The van der Waals surface area contributed by atoms with Crippen molar-refractivity contribution in [2.24, 2.45) is 5.73 Å². The van der Waals surface area contributed by atoms with Crippen molar-refractivity contribution in [2.75, 3.05) is 59.5 Å². The monoisotopic (exact) mass is 881 g/mol. The molecule has 0 amide bonds. The minimum absolute atomic E-state index is 0.233. The number of likely N-dealkylation sites (N-methyl/N-ethyl adjacent to an activating group) is 1. The third-order valence-electron chi connectivity index (χ3n) is 11.1. The number of Topliss-reactive ketones (excluding diaryl/α,β-unsaturated/α-hetero) is 2. The van der Waals surface area contributed by atoms with Gasteiger partial charge >= 0.3 is 0 Å². The maximum atomic E-state index is 11.6. The molecule has 0 bridgehead atoms. The lowest BCUT2D eigenvalue weighted by Crippen LogP contribution is -2.31. The van der Waals surface area contributed by atoms with Crippen LogP contribution in [0.5, 0.6) is 0 Å². The standard InChI is InChI=1S/C31H60N2O2.C10H20O2.C7H14O.C5H14N2/c1-5-7-9-11-13-14-15-16-17-18-19-21-23-27-33(26-22-20-12-10-8-6-2)28-24-25-32-29(3)31(35)30(4)34;1-2-3-4-5-6-7-8-9-12-10-11;1-2-3-4-5-6-7-8;1-3-7(2)5-4-6/h32H,3,5-28H2,1-2,4H3;10H,2-9H2,1H3;7H,2-6H2,1H3;3-6H2,1-2H3. The molecule has 0 atom stereocenters. The van der Waals surface area contributed by atoms with E-state index in [4.69, 9.17) is 5.73 Å². The van der Waals surface area contributed by atoms with Crippen LogP contribution in [-0.2, 0) is 23.9 Å². The molecule has 370 valence electrons. The second kappa shape index (κ2) is 61.0. The van der Waals surface area contributed by atoms with Gasteiger partial charge < -0.3 is 30.4 Å². The summed E-state index contributed by atoms with van der Waals surface area (Å²) in [5, 5.41) is 3.04. The van der Waals surface area contributed by atoms with Gasteiger partial charge in [-0.05, 0) is 65.3 Å². The van der Waals surface area contributed by atoms with Crippen LogP contribution in [0.3, 0.4) is 0 Å². The Morgan fingerprint density at radius 2 is 0.919 bits per heavy atom. The van der Waals surface area contributed by atoms with E-state index in [0.717, 1.165) is 58.1 Å². The second-order valence-electron chi connectivity index (χ2n) is 17.3. The predicted octanol–water partition coefficient (Wildman–Crippen LogP) is 13.4. The summed E-state index contributed by atoms with van der Waals surface area (Å²) in [4.78, 5) is 47.1. The zero-order valence-electron chi connectivity index (χ0n) is 42.7. The number of nitrogens with zero attached hydrogens (tertiary/aromatic N) is 2. The van der Waals surface area contributed by atoms with Crippen LogP contribution >= 0.6 is 0 Å². The van der Waals surface area contributed by atoms with Crippen molar-refractivity contribution in [3.8, 4) is 0 Å². The number of nitrogens with two attached hydrogens (primary N) is 1. The van der Waals surface area contributed by atoms with Crippen molar-refractivity contribution in [3.63, 3.8) is 0 Å². The number of unbranched alkanes of at least 4 members (excludes halogenated alkanes) is 27. The van der Waals surface area contributed by atoms with E-state index in [-0.39, 0.29) is 5.70 Å². The average Bonchev–Trinajstić information content (AvgIpc) is 3.27. The third kappa shape index (κ3) is 62.2. The summed E-state index contributed by atoms with van der Waals surface area (Å²) in [7, 11) is 2.06. The van der Waals surface area contributed by atoms with Crippen molar-refractivity contribution in [1.82, 2.24) is 15.1 Å². The lowest BCUT2D eigenvalue weighted by molar-refractivity contribution is -0.133. The molecule has 0 aliphatic rings. The first-order valence-corrected chi connectivity index (χ1v) is 26.2. The number of carbonyl (C=O) groups excluding carboxylic acids is 4. The Morgan fingerprint density at radius 3 is 1.26 bits per heavy atom. The van der Waals surface area contributed by atoms with Crippen LogP contribution in [0, 0.1) is 0 Å². The van der Waals surface area contributed by atoms with Crippen LogP contribution in [-0.4, -0.2) is 93.6 Å². The van der Waals surface area contributed by atoms with Crippen LogP contribution in [0.4, 0.5) is 0 Å². The first kappa shape index (κ1) is 66.5. The number of carbonyl (C=O) groups is 4. The molecule has 3 N–H and O–H groups in total. The quantitative estimate of drug-likeness (QED) is 0.0266. The number of rotatable bonds is 45. The summed E-state index contributed by atoms with van der Waals surface area (Å²) in [6.45, 7) is 24.2. The van der Waals surface area contributed by atoms with Gasteiger partial charge in [0.25, 0.3) is 6.47 Å². The SMILES string of the molecule is C=C(NCCCN(CCCCCCCC)CCCCCCCCCCCCCCC)C(=O)C(C)=O.CCCCCCC=O.CCCCCCCCCOC=O.CCN(C)CCN. The van der Waals surface area contributed by atoms with Crippen molar-refractivity contribution in [3.05, 3.63) is 12.3 Å². The number of ketones is 2. The van der Waals surface area contributed by atoms with Crippen molar-refractivity contribution in [2.45, 2.75) is 247 Å². The van der Waals surface area contributed by atoms with Crippen LogP contribution in [0.2, 0.25) is 0 Å². The fourth-order valence-corrected chi connectivity index (χ4v) is 6.86. The Bertz CT molecular complexity index is 918. The van der Waals surface area contributed by atoms with E-state index in [1.165, 1.54) is 200 Å². The van der Waals surface area contributed by atoms with Crippen LogP contribution in [0.25, 0.3) is 0 Å². The highest BCUT2D eigenvalue weighted by Gasteiger charge is 2.12. The Labute approximate surface area is 386 Å². The molecule has 62 heavy (non-hydrogen) atoms. The molecule has 0 fully saturated rings. The van der Waals surface area contributed by atoms with E-state index in [1.54, 1.807) is 0 Å². The summed E-state index contributed by atoms with van der Waals surface area (Å²) in [6.07, 6.45) is 42.5. The molecule has 9 heteroatoms. The fraction of sp³-hybridized carbons (Fsp3) is 0.887. The number of aldehydes is 1.